The summed E-state index contributed by atoms with van der Waals surface area (Å²) in [5.74, 6) is 0.319. The van der Waals surface area contributed by atoms with Gasteiger partial charge in [0.15, 0.2) is 0 Å². The van der Waals surface area contributed by atoms with Gasteiger partial charge < -0.3 is 25.2 Å². The summed E-state index contributed by atoms with van der Waals surface area (Å²) in [6.45, 7) is 5.51. The highest BCUT2D eigenvalue weighted by Crippen LogP contribution is 2.36. The van der Waals surface area contributed by atoms with E-state index in [4.69, 9.17) is 4.74 Å². The minimum atomic E-state index is -4.57. The normalized spacial score (nSPS) is 17.0. The van der Waals surface area contributed by atoms with Crippen LogP contribution in [0, 0.1) is 0 Å². The van der Waals surface area contributed by atoms with Crippen molar-refractivity contribution in [1.29, 1.82) is 0 Å². The van der Waals surface area contributed by atoms with Crippen LogP contribution in [0.4, 0.5) is 23.7 Å². The molecular weight excluding hydrogens is 615 g/mol. The number of hydrogen-bond acceptors (Lipinski definition) is 8. The molecule has 3 aromatic heterocycles. The zero-order chi connectivity index (χ0) is 33.3. The van der Waals surface area contributed by atoms with Gasteiger partial charge in [-0.05, 0) is 41.8 Å². The van der Waals surface area contributed by atoms with Gasteiger partial charge in [0.05, 0.1) is 23.0 Å². The number of nitrogens with one attached hydrogen (secondary N) is 2. The topological polar surface area (TPSA) is 120 Å². The Kier molecular flexibility index (Phi) is 9.01. The summed E-state index contributed by atoms with van der Waals surface area (Å²) in [7, 11) is 3.31. The largest absolute Gasteiger partial charge is 0.435 e. The van der Waals surface area contributed by atoms with Crippen LogP contribution in [0.25, 0.3) is 5.52 Å². The number of anilines is 1. The molecule has 1 aromatic carbocycles. The quantitative estimate of drug-likeness (QED) is 0.298. The molecule has 2 aliphatic heterocycles. The first-order chi connectivity index (χ1) is 22.5. The van der Waals surface area contributed by atoms with E-state index in [9.17, 15) is 22.8 Å². The van der Waals surface area contributed by atoms with Gasteiger partial charge >= 0.3 is 12.2 Å². The monoisotopic (exact) mass is 651 g/mol. The van der Waals surface area contributed by atoms with Crippen LogP contribution in [0.1, 0.15) is 52.0 Å². The van der Waals surface area contributed by atoms with Gasteiger partial charge in [-0.3, -0.25) is 14.7 Å². The Labute approximate surface area is 269 Å². The molecule has 0 saturated carbocycles. The van der Waals surface area contributed by atoms with E-state index in [-0.39, 0.29) is 42.0 Å². The van der Waals surface area contributed by atoms with Gasteiger partial charge in [0, 0.05) is 77.7 Å². The van der Waals surface area contributed by atoms with Crippen molar-refractivity contribution in [3.63, 3.8) is 0 Å². The predicted octanol–water partition coefficient (Wildman–Crippen LogP) is 4.58. The van der Waals surface area contributed by atoms with E-state index in [0.29, 0.717) is 42.9 Å². The van der Waals surface area contributed by atoms with E-state index in [1.54, 1.807) is 43.5 Å². The van der Waals surface area contributed by atoms with Crippen LogP contribution in [-0.4, -0.2) is 93.0 Å². The van der Waals surface area contributed by atoms with E-state index in [1.165, 1.54) is 27.9 Å². The summed E-state index contributed by atoms with van der Waals surface area (Å²) in [4.78, 5) is 39.8. The third-order valence-electron chi connectivity index (χ3n) is 8.45. The molecule has 0 radical (unpaired) electrons. The fraction of sp³-hybridized carbons (Fsp3) is 0.406. The molecule has 15 heteroatoms. The maximum absolute atomic E-state index is 14.1. The van der Waals surface area contributed by atoms with Gasteiger partial charge in [0.25, 0.3) is 5.91 Å². The van der Waals surface area contributed by atoms with E-state index in [2.05, 4.69) is 25.7 Å². The molecule has 1 atom stereocenters. The van der Waals surface area contributed by atoms with Gasteiger partial charge in [0.1, 0.15) is 17.6 Å². The SMILES string of the molecule is CC[C@H]1CN(C(=O)Nc2ccc(CN3CCNCC3)c(C(F)(F)F)c2)Cc2cc(Oc3ncnn4cc(C(=O)N(C)C)cc34)cnc21. The first kappa shape index (κ1) is 32.2. The molecule has 6 rings (SSSR count). The predicted molar refractivity (Wildman–Crippen MR) is 167 cm³/mol. The molecular formula is C32H36F3N9O3. The highest BCUT2D eigenvalue weighted by Gasteiger charge is 2.35. The number of alkyl halides is 3. The number of carbonyl (C=O) groups excluding carboxylic acids is 2. The molecule has 47 heavy (non-hydrogen) atoms. The van der Waals surface area contributed by atoms with E-state index < -0.39 is 17.8 Å². The third-order valence-corrected chi connectivity index (χ3v) is 8.45. The van der Waals surface area contributed by atoms with Crippen molar-refractivity contribution in [2.45, 2.75) is 38.5 Å². The molecule has 5 heterocycles. The van der Waals surface area contributed by atoms with Crippen molar-refractivity contribution < 1.29 is 27.5 Å². The Morgan fingerprint density at radius 2 is 1.91 bits per heavy atom. The number of amides is 3. The molecule has 2 N–H and O–H groups in total. The number of halogens is 3. The number of piperazine rings is 1. The van der Waals surface area contributed by atoms with Crippen LogP contribution in [0.5, 0.6) is 11.6 Å². The summed E-state index contributed by atoms with van der Waals surface area (Å²) < 4.78 is 49.9. The fourth-order valence-corrected chi connectivity index (χ4v) is 5.99. The van der Waals surface area contributed by atoms with Crippen molar-refractivity contribution in [1.82, 2.24) is 39.6 Å². The van der Waals surface area contributed by atoms with Crippen molar-refractivity contribution >= 4 is 23.1 Å². The van der Waals surface area contributed by atoms with Crippen molar-refractivity contribution in [2.75, 3.05) is 52.1 Å². The lowest BCUT2D eigenvalue weighted by Crippen LogP contribution is -2.43. The van der Waals surface area contributed by atoms with Crippen molar-refractivity contribution in [3.8, 4) is 11.6 Å². The first-order valence-electron chi connectivity index (χ1n) is 15.4. The van der Waals surface area contributed by atoms with E-state index in [0.717, 1.165) is 30.4 Å². The molecule has 2 aliphatic rings. The molecule has 0 spiro atoms. The van der Waals surface area contributed by atoms with Crippen molar-refractivity contribution in [2.24, 2.45) is 0 Å². The maximum atomic E-state index is 14.1. The fourth-order valence-electron chi connectivity index (χ4n) is 5.99. The van der Waals surface area contributed by atoms with Gasteiger partial charge in [-0.25, -0.2) is 9.31 Å². The average molecular weight is 652 g/mol. The van der Waals surface area contributed by atoms with E-state index in [1.807, 2.05) is 11.8 Å². The Bertz CT molecular complexity index is 1790. The first-order valence-corrected chi connectivity index (χ1v) is 15.4. The van der Waals surface area contributed by atoms with E-state index >= 15 is 0 Å². The molecule has 12 nitrogen and oxygen atoms in total. The Balaban J connectivity index is 1.20. The van der Waals surface area contributed by atoms with Gasteiger partial charge in [-0.2, -0.15) is 23.3 Å². The summed E-state index contributed by atoms with van der Waals surface area (Å²) in [6, 6.07) is 6.90. The maximum Gasteiger partial charge on any atom is 0.416 e. The van der Waals surface area contributed by atoms with Crippen LogP contribution in [0.15, 0.2) is 49.1 Å². The summed E-state index contributed by atoms with van der Waals surface area (Å²) in [5.41, 5.74) is 1.99. The van der Waals surface area contributed by atoms with Gasteiger partial charge in [-0.15, -0.1) is 0 Å². The van der Waals surface area contributed by atoms with Crippen molar-refractivity contribution in [3.05, 3.63) is 77.0 Å². The number of fused-ring (bicyclic) bond motifs is 2. The highest BCUT2D eigenvalue weighted by molar-refractivity contribution is 5.95. The molecule has 0 unspecified atom stereocenters. The standard InChI is InChI=1S/C32H36F3N9O3/c1-4-20-16-43(31(46)40-24-6-5-21(26(13-24)32(33,34)35)15-42-9-7-36-8-10-42)17-22-11-25(14-37-28(20)22)47-29-27-12-23(30(45)41(2)3)18-44(27)39-19-38-29/h5-6,11-14,18-20,36H,4,7-10,15-17H2,1-3H3,(H,40,46)/t20-/m0/s1. The molecule has 3 amide bonds. The minimum absolute atomic E-state index is 0.0764. The zero-order valence-electron chi connectivity index (χ0n) is 26.3. The number of urea groups is 1. The van der Waals surface area contributed by atoms with Crippen LogP contribution < -0.4 is 15.4 Å². The zero-order valence-corrected chi connectivity index (χ0v) is 26.3. The van der Waals surface area contributed by atoms with Gasteiger partial charge in [0.2, 0.25) is 5.88 Å². The summed E-state index contributed by atoms with van der Waals surface area (Å²) in [5, 5.41) is 10.1. The lowest BCUT2D eigenvalue weighted by molar-refractivity contribution is -0.138. The molecule has 1 fully saturated rings. The highest BCUT2D eigenvalue weighted by atomic mass is 19.4. The molecule has 4 aromatic rings. The van der Waals surface area contributed by atoms with Crippen LogP contribution in [0.3, 0.4) is 0 Å². The average Bonchev–Trinajstić information content (AvgIpc) is 3.50. The number of ether oxygens (including phenoxy) is 1. The number of nitrogens with zero attached hydrogens (tertiary/aromatic N) is 7. The molecule has 0 bridgehead atoms. The number of aromatic nitrogens is 4. The Morgan fingerprint density at radius 3 is 2.64 bits per heavy atom. The summed E-state index contributed by atoms with van der Waals surface area (Å²) in [6.07, 6.45) is 0.632. The lowest BCUT2D eigenvalue weighted by Gasteiger charge is -2.33. The second kappa shape index (κ2) is 13.2. The molecule has 248 valence electrons. The molecule has 1 saturated heterocycles. The summed E-state index contributed by atoms with van der Waals surface area (Å²) >= 11 is 0. The minimum Gasteiger partial charge on any atom is -0.435 e. The number of pyridine rings is 1. The van der Waals surface area contributed by atoms with Crippen LogP contribution >= 0.6 is 0 Å². The Hall–Kier alpha value is -4.76. The third kappa shape index (κ3) is 7.00. The lowest BCUT2D eigenvalue weighted by atomic mass is 9.92. The van der Waals surface area contributed by atoms with Crippen LogP contribution in [-0.2, 0) is 19.3 Å². The second-order valence-corrected chi connectivity index (χ2v) is 12.0. The Morgan fingerprint density at radius 1 is 1.13 bits per heavy atom. The number of carbonyl (C=O) groups is 2. The number of hydrogen-bond donors (Lipinski definition) is 2. The van der Waals surface area contributed by atoms with Crippen LogP contribution in [0.2, 0.25) is 0 Å². The number of benzene rings is 1. The molecule has 0 aliphatic carbocycles. The van der Waals surface area contributed by atoms with Gasteiger partial charge in [-0.1, -0.05) is 13.0 Å². The number of rotatable bonds is 7. The second-order valence-electron chi connectivity index (χ2n) is 12.0. The smallest absolute Gasteiger partial charge is 0.416 e.